The average Bonchev–Trinajstić information content (AvgIpc) is 3.50. The number of guanidine groups is 1. The molecule has 2 saturated carbocycles. The van der Waals surface area contributed by atoms with Crippen LogP contribution in [0.4, 0.5) is 0 Å². The molecular formula is C19H35IN4O2S. The Balaban J connectivity index is 0.00000261. The number of nitrogens with one attached hydrogen (secondary N) is 3. The first-order valence-corrected chi connectivity index (χ1v) is 11.3. The van der Waals surface area contributed by atoms with E-state index in [2.05, 4.69) is 27.2 Å². The van der Waals surface area contributed by atoms with E-state index < -0.39 is 0 Å². The topological polar surface area (TPSA) is 74.8 Å². The van der Waals surface area contributed by atoms with E-state index in [-0.39, 0.29) is 40.5 Å². The Morgan fingerprint density at radius 2 is 1.89 bits per heavy atom. The molecule has 3 N–H and O–H groups in total. The summed E-state index contributed by atoms with van der Waals surface area (Å²) < 4.78 is 5.75. The Morgan fingerprint density at radius 3 is 2.52 bits per heavy atom. The number of carbonyl (C=O) groups excluding carboxylic acids is 1. The largest absolute Gasteiger partial charge is 0.381 e. The summed E-state index contributed by atoms with van der Waals surface area (Å²) in [4.78, 5) is 16.8. The van der Waals surface area contributed by atoms with E-state index in [0.717, 1.165) is 77.1 Å². The summed E-state index contributed by atoms with van der Waals surface area (Å²) >= 11 is 1.93. The third kappa shape index (κ3) is 6.96. The Kier molecular flexibility index (Phi) is 9.47. The highest BCUT2D eigenvalue weighted by molar-refractivity contribution is 14.0. The van der Waals surface area contributed by atoms with Crippen LogP contribution in [0.3, 0.4) is 0 Å². The number of halogens is 1. The molecule has 0 spiro atoms. The van der Waals surface area contributed by atoms with Crippen LogP contribution in [0.2, 0.25) is 0 Å². The summed E-state index contributed by atoms with van der Waals surface area (Å²) in [5.41, 5.74) is 0. The van der Waals surface area contributed by atoms with Crippen LogP contribution < -0.4 is 16.0 Å². The lowest BCUT2D eigenvalue weighted by molar-refractivity contribution is -0.126. The molecule has 156 valence electrons. The van der Waals surface area contributed by atoms with Crippen molar-refractivity contribution in [3.8, 4) is 0 Å². The molecule has 1 heterocycles. The van der Waals surface area contributed by atoms with Crippen LogP contribution in [0.25, 0.3) is 0 Å². The molecule has 0 bridgehead atoms. The maximum Gasteiger partial charge on any atom is 0.223 e. The molecule has 1 saturated heterocycles. The summed E-state index contributed by atoms with van der Waals surface area (Å²) in [5, 5.41) is 10.3. The fourth-order valence-electron chi connectivity index (χ4n) is 3.94. The molecule has 6 nitrogen and oxygen atoms in total. The highest BCUT2D eigenvalue weighted by Crippen LogP contribution is 2.33. The number of aliphatic imine (C=N–C) groups is 1. The molecule has 0 aromatic heterocycles. The summed E-state index contributed by atoms with van der Waals surface area (Å²) in [6, 6.07) is 0.775. The number of rotatable bonds is 6. The van der Waals surface area contributed by atoms with Gasteiger partial charge in [0.1, 0.15) is 0 Å². The predicted molar refractivity (Wildman–Crippen MR) is 123 cm³/mol. The van der Waals surface area contributed by atoms with Gasteiger partial charge in [0.05, 0.1) is 0 Å². The number of thioether (sulfide) groups is 1. The molecule has 1 amide bonds. The van der Waals surface area contributed by atoms with E-state index in [1.165, 1.54) is 0 Å². The molecule has 2 aliphatic carbocycles. The van der Waals surface area contributed by atoms with Crippen molar-refractivity contribution in [2.75, 3.05) is 33.1 Å². The molecule has 0 radical (unpaired) electrons. The SMILES string of the molecule is CN=C(NCC1(SC)CCOCC1)NC1CCCC(C(=O)NC2CC2)C1.I. The van der Waals surface area contributed by atoms with Gasteiger partial charge in [-0.2, -0.15) is 11.8 Å². The van der Waals surface area contributed by atoms with Crippen molar-refractivity contribution in [3.05, 3.63) is 0 Å². The van der Waals surface area contributed by atoms with Crippen LogP contribution in [0.1, 0.15) is 51.4 Å². The van der Waals surface area contributed by atoms with E-state index >= 15 is 0 Å². The van der Waals surface area contributed by atoms with Crippen LogP contribution in [-0.4, -0.2) is 61.8 Å². The van der Waals surface area contributed by atoms with Crippen molar-refractivity contribution in [3.63, 3.8) is 0 Å². The van der Waals surface area contributed by atoms with E-state index in [4.69, 9.17) is 4.74 Å². The van der Waals surface area contributed by atoms with Crippen molar-refractivity contribution in [1.82, 2.24) is 16.0 Å². The number of ether oxygens (including phenoxy) is 1. The van der Waals surface area contributed by atoms with Gasteiger partial charge in [-0.3, -0.25) is 9.79 Å². The van der Waals surface area contributed by atoms with Crippen LogP contribution in [0.5, 0.6) is 0 Å². The number of amides is 1. The number of hydrogen-bond acceptors (Lipinski definition) is 4. The van der Waals surface area contributed by atoms with Crippen LogP contribution in [0, 0.1) is 5.92 Å². The van der Waals surface area contributed by atoms with E-state index in [1.54, 1.807) is 0 Å². The molecule has 27 heavy (non-hydrogen) atoms. The third-order valence-electron chi connectivity index (χ3n) is 5.95. The predicted octanol–water partition coefficient (Wildman–Crippen LogP) is 2.52. The quantitative estimate of drug-likeness (QED) is 0.291. The highest BCUT2D eigenvalue weighted by atomic mass is 127. The first-order chi connectivity index (χ1) is 12.6. The van der Waals surface area contributed by atoms with Crippen LogP contribution >= 0.6 is 35.7 Å². The smallest absolute Gasteiger partial charge is 0.223 e. The van der Waals surface area contributed by atoms with E-state index in [0.29, 0.717) is 12.1 Å². The first-order valence-electron chi connectivity index (χ1n) is 10.0. The summed E-state index contributed by atoms with van der Waals surface area (Å²) in [7, 11) is 1.82. The molecule has 0 aromatic carbocycles. The van der Waals surface area contributed by atoms with E-state index in [9.17, 15) is 4.79 Å². The zero-order valence-electron chi connectivity index (χ0n) is 16.6. The van der Waals surface area contributed by atoms with Crippen molar-refractivity contribution in [1.29, 1.82) is 0 Å². The maximum atomic E-state index is 12.4. The maximum absolute atomic E-state index is 12.4. The van der Waals surface area contributed by atoms with Crippen LogP contribution in [-0.2, 0) is 9.53 Å². The van der Waals surface area contributed by atoms with Crippen molar-refractivity contribution in [2.45, 2.75) is 68.2 Å². The Labute approximate surface area is 184 Å². The molecule has 0 aromatic rings. The zero-order chi connectivity index (χ0) is 18.4. The minimum absolute atomic E-state index is 0. The molecule has 3 fully saturated rings. The van der Waals surface area contributed by atoms with E-state index in [1.807, 2.05) is 18.8 Å². The lowest BCUT2D eigenvalue weighted by Gasteiger charge is -2.37. The molecule has 3 aliphatic rings. The minimum Gasteiger partial charge on any atom is -0.381 e. The lowest BCUT2D eigenvalue weighted by Crippen LogP contribution is -2.51. The minimum atomic E-state index is 0. The van der Waals surface area contributed by atoms with Crippen molar-refractivity contribution < 1.29 is 9.53 Å². The van der Waals surface area contributed by atoms with Gasteiger partial charge in [-0.15, -0.1) is 24.0 Å². The number of carbonyl (C=O) groups is 1. The second-order valence-corrected chi connectivity index (χ2v) is 9.19. The average molecular weight is 510 g/mol. The standard InChI is InChI=1S/C19H34N4O2S.HI/c1-20-18(21-13-19(26-2)8-10-25-11-9-19)23-16-5-3-4-14(12-16)17(24)22-15-6-7-15;/h14-16H,3-13H2,1-2H3,(H,22,24)(H2,20,21,23);1H. The van der Waals surface area contributed by atoms with Gasteiger partial charge < -0.3 is 20.7 Å². The van der Waals surface area contributed by atoms with Crippen molar-refractivity contribution >= 4 is 47.6 Å². The number of nitrogens with zero attached hydrogens (tertiary/aromatic N) is 1. The summed E-state index contributed by atoms with van der Waals surface area (Å²) in [6.45, 7) is 2.58. The normalized spacial score (nSPS) is 28.0. The second-order valence-electron chi connectivity index (χ2n) is 7.91. The van der Waals surface area contributed by atoms with Gasteiger partial charge in [-0.25, -0.2) is 0 Å². The van der Waals surface area contributed by atoms with Crippen molar-refractivity contribution in [2.24, 2.45) is 10.9 Å². The Hall–Kier alpha value is -0.220. The fraction of sp³-hybridized carbons (Fsp3) is 0.895. The van der Waals surface area contributed by atoms with Crippen LogP contribution in [0.15, 0.2) is 4.99 Å². The summed E-state index contributed by atoms with van der Waals surface area (Å²) in [5.74, 6) is 1.26. The first kappa shape index (κ1) is 23.1. The molecule has 1 aliphatic heterocycles. The Bertz CT molecular complexity index is 510. The zero-order valence-corrected chi connectivity index (χ0v) is 19.7. The lowest BCUT2D eigenvalue weighted by atomic mass is 9.85. The van der Waals surface area contributed by atoms with Gasteiger partial charge in [0.25, 0.3) is 0 Å². The van der Waals surface area contributed by atoms with Gasteiger partial charge in [0, 0.05) is 49.6 Å². The van der Waals surface area contributed by atoms with Gasteiger partial charge >= 0.3 is 0 Å². The molecule has 3 rings (SSSR count). The fourth-order valence-corrected chi connectivity index (χ4v) is 4.73. The second kappa shape index (κ2) is 11.1. The van der Waals surface area contributed by atoms with Gasteiger partial charge in [-0.05, 0) is 51.2 Å². The number of hydrogen-bond donors (Lipinski definition) is 3. The molecule has 2 atom stereocenters. The highest BCUT2D eigenvalue weighted by Gasteiger charge is 2.33. The Morgan fingerprint density at radius 1 is 1.15 bits per heavy atom. The molecular weight excluding hydrogens is 475 g/mol. The monoisotopic (exact) mass is 510 g/mol. The van der Waals surface area contributed by atoms with Gasteiger partial charge in [0.2, 0.25) is 5.91 Å². The van der Waals surface area contributed by atoms with Gasteiger partial charge in [-0.1, -0.05) is 6.42 Å². The van der Waals surface area contributed by atoms with Gasteiger partial charge in [0.15, 0.2) is 5.96 Å². The molecule has 8 heteroatoms. The molecule has 2 unspecified atom stereocenters. The summed E-state index contributed by atoms with van der Waals surface area (Å²) in [6.07, 6.45) is 10.8. The third-order valence-corrected chi connectivity index (χ3v) is 7.37.